The number of aliphatic carboxylic acids is 1. The first-order chi connectivity index (χ1) is 7.53. The van der Waals surface area contributed by atoms with Gasteiger partial charge in [0.25, 0.3) is 0 Å². The number of ether oxygens (including phenoxy) is 1. The zero-order valence-electron chi connectivity index (χ0n) is 10.7. The molecule has 1 aliphatic carbocycles. The molecule has 0 radical (unpaired) electrons. The molecular formula is C13H24O3. The van der Waals surface area contributed by atoms with E-state index in [1.54, 1.807) is 6.92 Å². The van der Waals surface area contributed by atoms with Crippen molar-refractivity contribution in [3.05, 3.63) is 0 Å². The summed E-state index contributed by atoms with van der Waals surface area (Å²) in [5, 5.41) is 9.20. The fraction of sp³-hybridized carbons (Fsp3) is 0.923. The Morgan fingerprint density at radius 1 is 1.38 bits per heavy atom. The maximum absolute atomic E-state index is 11.2. The van der Waals surface area contributed by atoms with Crippen molar-refractivity contribution in [1.29, 1.82) is 0 Å². The van der Waals surface area contributed by atoms with Crippen molar-refractivity contribution in [2.24, 2.45) is 5.92 Å². The second-order valence-corrected chi connectivity index (χ2v) is 5.00. The Morgan fingerprint density at radius 3 is 2.50 bits per heavy atom. The van der Waals surface area contributed by atoms with E-state index in [1.165, 1.54) is 19.3 Å². The molecule has 0 amide bonds. The molecule has 94 valence electrons. The Morgan fingerprint density at radius 2 is 2.00 bits per heavy atom. The molecule has 0 aromatic carbocycles. The van der Waals surface area contributed by atoms with Crippen LogP contribution in [0.4, 0.5) is 0 Å². The molecule has 3 heteroatoms. The molecule has 0 heterocycles. The standard InChI is InChI=1S/C13H24O3/c1-4-10-8-6-7-9-11(10)16-13(3,5-2)12(14)15/h10-11H,4-9H2,1-3H3,(H,14,15). The lowest BCUT2D eigenvalue weighted by atomic mass is 9.84. The van der Waals surface area contributed by atoms with E-state index in [0.29, 0.717) is 12.3 Å². The monoisotopic (exact) mass is 228 g/mol. The predicted molar refractivity (Wildman–Crippen MR) is 63.5 cm³/mol. The molecule has 1 aliphatic rings. The quantitative estimate of drug-likeness (QED) is 0.785. The van der Waals surface area contributed by atoms with E-state index >= 15 is 0 Å². The maximum Gasteiger partial charge on any atom is 0.335 e. The van der Waals surface area contributed by atoms with Crippen LogP contribution in [0.15, 0.2) is 0 Å². The van der Waals surface area contributed by atoms with Gasteiger partial charge in [-0.2, -0.15) is 0 Å². The minimum absolute atomic E-state index is 0.139. The predicted octanol–water partition coefficient (Wildman–Crippen LogP) is 3.23. The summed E-state index contributed by atoms with van der Waals surface area (Å²) in [6.45, 7) is 5.73. The van der Waals surface area contributed by atoms with Crippen LogP contribution in [-0.4, -0.2) is 22.8 Å². The largest absolute Gasteiger partial charge is 0.479 e. The van der Waals surface area contributed by atoms with Crippen molar-refractivity contribution < 1.29 is 14.6 Å². The minimum atomic E-state index is -1.00. The molecule has 16 heavy (non-hydrogen) atoms. The Kier molecular flexibility index (Phi) is 4.78. The SMILES string of the molecule is CCC1CCCCC1OC(C)(CC)C(=O)O. The van der Waals surface area contributed by atoms with Crippen LogP contribution in [0.2, 0.25) is 0 Å². The van der Waals surface area contributed by atoms with E-state index in [0.717, 1.165) is 12.8 Å². The molecule has 3 nitrogen and oxygen atoms in total. The lowest BCUT2D eigenvalue weighted by molar-refractivity contribution is -0.178. The molecule has 1 saturated carbocycles. The topological polar surface area (TPSA) is 46.5 Å². The average Bonchev–Trinajstić information content (AvgIpc) is 2.29. The van der Waals surface area contributed by atoms with Gasteiger partial charge in [0.05, 0.1) is 6.10 Å². The van der Waals surface area contributed by atoms with Crippen molar-refractivity contribution in [1.82, 2.24) is 0 Å². The summed E-state index contributed by atoms with van der Waals surface area (Å²) in [7, 11) is 0. The molecule has 3 atom stereocenters. The van der Waals surface area contributed by atoms with Crippen LogP contribution in [-0.2, 0) is 9.53 Å². The number of hydrogen-bond acceptors (Lipinski definition) is 2. The molecular weight excluding hydrogens is 204 g/mol. The van der Waals surface area contributed by atoms with Crippen molar-refractivity contribution in [3.63, 3.8) is 0 Å². The van der Waals surface area contributed by atoms with E-state index in [2.05, 4.69) is 6.92 Å². The first kappa shape index (κ1) is 13.5. The summed E-state index contributed by atoms with van der Waals surface area (Å²) >= 11 is 0. The maximum atomic E-state index is 11.2. The molecule has 0 aromatic rings. The van der Waals surface area contributed by atoms with Crippen molar-refractivity contribution in [2.45, 2.75) is 71.0 Å². The third kappa shape index (κ3) is 2.97. The van der Waals surface area contributed by atoms with Gasteiger partial charge in [-0.25, -0.2) is 4.79 Å². The molecule has 0 spiro atoms. The van der Waals surface area contributed by atoms with Gasteiger partial charge in [0.1, 0.15) is 0 Å². The van der Waals surface area contributed by atoms with Crippen molar-refractivity contribution in [2.75, 3.05) is 0 Å². The Balaban J connectivity index is 2.65. The van der Waals surface area contributed by atoms with E-state index in [1.807, 2.05) is 6.92 Å². The van der Waals surface area contributed by atoms with E-state index in [-0.39, 0.29) is 6.10 Å². The second kappa shape index (κ2) is 5.67. The molecule has 1 fully saturated rings. The van der Waals surface area contributed by atoms with Crippen LogP contribution in [0, 0.1) is 5.92 Å². The highest BCUT2D eigenvalue weighted by atomic mass is 16.5. The highest BCUT2D eigenvalue weighted by Crippen LogP contribution is 2.33. The lowest BCUT2D eigenvalue weighted by Gasteiger charge is -2.36. The zero-order chi connectivity index (χ0) is 12.2. The van der Waals surface area contributed by atoms with Crippen LogP contribution in [0.5, 0.6) is 0 Å². The van der Waals surface area contributed by atoms with Gasteiger partial charge in [0, 0.05) is 0 Å². The lowest BCUT2D eigenvalue weighted by Crippen LogP contribution is -2.44. The van der Waals surface area contributed by atoms with Gasteiger partial charge in [0.15, 0.2) is 5.60 Å². The third-order valence-electron chi connectivity index (χ3n) is 3.90. The summed E-state index contributed by atoms with van der Waals surface area (Å²) in [6.07, 6.45) is 6.37. The van der Waals surface area contributed by atoms with Crippen LogP contribution < -0.4 is 0 Å². The van der Waals surface area contributed by atoms with Crippen molar-refractivity contribution in [3.8, 4) is 0 Å². The average molecular weight is 228 g/mol. The molecule has 0 bridgehead atoms. The number of carbonyl (C=O) groups is 1. The van der Waals surface area contributed by atoms with Crippen LogP contribution in [0.25, 0.3) is 0 Å². The number of hydrogen-bond donors (Lipinski definition) is 1. The number of carboxylic acids is 1. The summed E-state index contributed by atoms with van der Waals surface area (Å²) in [5.41, 5.74) is -1.00. The van der Waals surface area contributed by atoms with Gasteiger partial charge < -0.3 is 9.84 Å². The second-order valence-electron chi connectivity index (χ2n) is 5.00. The summed E-state index contributed by atoms with van der Waals surface area (Å²) in [4.78, 5) is 11.2. The molecule has 0 saturated heterocycles. The Labute approximate surface area is 98.2 Å². The van der Waals surface area contributed by atoms with Gasteiger partial charge in [0.2, 0.25) is 0 Å². The van der Waals surface area contributed by atoms with Gasteiger partial charge in [-0.05, 0) is 32.1 Å². The fourth-order valence-corrected chi connectivity index (χ4v) is 2.41. The first-order valence-corrected chi connectivity index (χ1v) is 6.44. The van der Waals surface area contributed by atoms with Crippen LogP contribution in [0.1, 0.15) is 59.3 Å². The van der Waals surface area contributed by atoms with Gasteiger partial charge in [-0.1, -0.05) is 33.1 Å². The third-order valence-corrected chi connectivity index (χ3v) is 3.90. The van der Waals surface area contributed by atoms with Crippen molar-refractivity contribution >= 4 is 5.97 Å². The van der Waals surface area contributed by atoms with Gasteiger partial charge in [-0.15, -0.1) is 0 Å². The van der Waals surface area contributed by atoms with Crippen LogP contribution >= 0.6 is 0 Å². The highest BCUT2D eigenvalue weighted by Gasteiger charge is 2.37. The molecule has 0 aliphatic heterocycles. The first-order valence-electron chi connectivity index (χ1n) is 6.44. The van der Waals surface area contributed by atoms with Gasteiger partial charge in [-0.3, -0.25) is 0 Å². The van der Waals surface area contributed by atoms with E-state index in [4.69, 9.17) is 4.74 Å². The van der Waals surface area contributed by atoms with E-state index < -0.39 is 11.6 Å². The molecule has 1 rings (SSSR count). The normalized spacial score (nSPS) is 29.7. The fourth-order valence-electron chi connectivity index (χ4n) is 2.41. The smallest absolute Gasteiger partial charge is 0.335 e. The minimum Gasteiger partial charge on any atom is -0.479 e. The Bertz CT molecular complexity index is 239. The summed E-state index contributed by atoms with van der Waals surface area (Å²) in [5.74, 6) is -0.297. The zero-order valence-corrected chi connectivity index (χ0v) is 10.7. The molecule has 1 N–H and O–H groups in total. The van der Waals surface area contributed by atoms with Gasteiger partial charge >= 0.3 is 5.97 Å². The highest BCUT2D eigenvalue weighted by molar-refractivity contribution is 5.76. The Hall–Kier alpha value is -0.570. The molecule has 3 unspecified atom stereocenters. The number of carboxylic acid groups (broad SMARTS) is 1. The summed E-state index contributed by atoms with van der Waals surface area (Å²) in [6, 6.07) is 0. The number of rotatable bonds is 5. The van der Waals surface area contributed by atoms with E-state index in [9.17, 15) is 9.90 Å². The molecule has 0 aromatic heterocycles. The van der Waals surface area contributed by atoms with Crippen LogP contribution in [0.3, 0.4) is 0 Å². The summed E-state index contributed by atoms with van der Waals surface area (Å²) < 4.78 is 5.89.